The Hall–Kier alpha value is -0.260. The molecule has 0 amide bonds. The van der Waals surface area contributed by atoms with Gasteiger partial charge in [0.25, 0.3) is 0 Å². The van der Waals surface area contributed by atoms with Crippen LogP contribution in [0.25, 0.3) is 0 Å². The van der Waals surface area contributed by atoms with Crippen LogP contribution in [0.3, 0.4) is 0 Å². The zero-order chi connectivity index (χ0) is 10.7. The van der Waals surface area contributed by atoms with Gasteiger partial charge in [-0.15, -0.1) is 0 Å². The first-order chi connectivity index (χ1) is 7.27. The van der Waals surface area contributed by atoms with Crippen LogP contribution in [0.1, 0.15) is 71.6 Å². The molecule has 0 aromatic carbocycles. The Bertz CT molecular complexity index is 216. The SMILES string of the molecule is CC(C)=C1CCC(C2CCCCC2)CC1. The van der Waals surface area contributed by atoms with Gasteiger partial charge in [-0.3, -0.25) is 0 Å². The van der Waals surface area contributed by atoms with Gasteiger partial charge in [0.1, 0.15) is 0 Å². The van der Waals surface area contributed by atoms with E-state index in [0.717, 1.165) is 11.8 Å². The number of hydrogen-bond donors (Lipinski definition) is 0. The van der Waals surface area contributed by atoms with E-state index >= 15 is 0 Å². The molecule has 0 aromatic rings. The van der Waals surface area contributed by atoms with E-state index in [1.165, 1.54) is 57.8 Å². The van der Waals surface area contributed by atoms with Gasteiger partial charge in [-0.2, -0.15) is 0 Å². The van der Waals surface area contributed by atoms with Gasteiger partial charge < -0.3 is 0 Å². The molecule has 0 saturated heterocycles. The molecule has 0 aromatic heterocycles. The van der Waals surface area contributed by atoms with Gasteiger partial charge in [-0.1, -0.05) is 43.3 Å². The third-order valence-corrected chi connectivity index (χ3v) is 4.66. The summed E-state index contributed by atoms with van der Waals surface area (Å²) in [6, 6.07) is 0. The van der Waals surface area contributed by atoms with Crippen molar-refractivity contribution in [2.75, 3.05) is 0 Å². The lowest BCUT2D eigenvalue weighted by atomic mass is 9.72. The van der Waals surface area contributed by atoms with Crippen LogP contribution in [0, 0.1) is 11.8 Å². The van der Waals surface area contributed by atoms with Gasteiger partial charge in [0, 0.05) is 0 Å². The molecule has 2 aliphatic rings. The van der Waals surface area contributed by atoms with E-state index in [4.69, 9.17) is 0 Å². The van der Waals surface area contributed by atoms with E-state index in [-0.39, 0.29) is 0 Å². The minimum absolute atomic E-state index is 1.08. The molecule has 0 heterocycles. The summed E-state index contributed by atoms with van der Waals surface area (Å²) in [7, 11) is 0. The van der Waals surface area contributed by atoms with Crippen molar-refractivity contribution in [1.29, 1.82) is 0 Å². The molecular formula is C15H26. The largest absolute Gasteiger partial charge is 0.0772 e. The second-order valence-corrected chi connectivity index (χ2v) is 5.84. The highest BCUT2D eigenvalue weighted by Crippen LogP contribution is 2.40. The van der Waals surface area contributed by atoms with Gasteiger partial charge in [0.15, 0.2) is 0 Å². The van der Waals surface area contributed by atoms with Crippen LogP contribution in [0.5, 0.6) is 0 Å². The second kappa shape index (κ2) is 5.18. The van der Waals surface area contributed by atoms with Crippen LogP contribution in [0.2, 0.25) is 0 Å². The molecule has 0 aliphatic heterocycles. The Labute approximate surface area is 95.1 Å². The molecule has 0 atom stereocenters. The van der Waals surface area contributed by atoms with E-state index in [1.54, 1.807) is 11.1 Å². The maximum Gasteiger partial charge on any atom is -0.0315 e. The van der Waals surface area contributed by atoms with Crippen molar-refractivity contribution in [2.45, 2.75) is 71.6 Å². The van der Waals surface area contributed by atoms with Crippen LogP contribution in [0.15, 0.2) is 11.1 Å². The fourth-order valence-corrected chi connectivity index (χ4v) is 3.57. The van der Waals surface area contributed by atoms with E-state index in [1.807, 2.05) is 0 Å². The van der Waals surface area contributed by atoms with Gasteiger partial charge in [0.05, 0.1) is 0 Å². The molecule has 86 valence electrons. The van der Waals surface area contributed by atoms with Crippen molar-refractivity contribution >= 4 is 0 Å². The Kier molecular flexibility index (Phi) is 3.88. The topological polar surface area (TPSA) is 0 Å². The first-order valence-corrected chi connectivity index (χ1v) is 6.92. The lowest BCUT2D eigenvalue weighted by molar-refractivity contribution is 0.211. The summed E-state index contributed by atoms with van der Waals surface area (Å²) < 4.78 is 0. The smallest absolute Gasteiger partial charge is 0.0315 e. The van der Waals surface area contributed by atoms with Crippen molar-refractivity contribution in [3.8, 4) is 0 Å². The number of hydrogen-bond acceptors (Lipinski definition) is 0. The zero-order valence-electron chi connectivity index (χ0n) is 10.5. The van der Waals surface area contributed by atoms with Crippen molar-refractivity contribution in [3.05, 3.63) is 11.1 Å². The maximum absolute atomic E-state index is 2.29. The molecule has 2 fully saturated rings. The van der Waals surface area contributed by atoms with E-state index in [2.05, 4.69) is 13.8 Å². The van der Waals surface area contributed by atoms with E-state index in [9.17, 15) is 0 Å². The van der Waals surface area contributed by atoms with Gasteiger partial charge >= 0.3 is 0 Å². The summed E-state index contributed by atoms with van der Waals surface area (Å²) in [6.07, 6.45) is 13.4. The van der Waals surface area contributed by atoms with Crippen molar-refractivity contribution < 1.29 is 0 Å². The van der Waals surface area contributed by atoms with Crippen molar-refractivity contribution in [2.24, 2.45) is 11.8 Å². The Morgan fingerprint density at radius 2 is 1.33 bits per heavy atom. The monoisotopic (exact) mass is 206 g/mol. The summed E-state index contributed by atoms with van der Waals surface area (Å²) >= 11 is 0. The van der Waals surface area contributed by atoms with Crippen LogP contribution >= 0.6 is 0 Å². The summed E-state index contributed by atoms with van der Waals surface area (Å²) in [5.41, 5.74) is 3.36. The first kappa shape index (κ1) is 11.2. The minimum atomic E-state index is 1.08. The molecular weight excluding hydrogens is 180 g/mol. The van der Waals surface area contributed by atoms with Gasteiger partial charge in [0.2, 0.25) is 0 Å². The van der Waals surface area contributed by atoms with Crippen LogP contribution in [-0.2, 0) is 0 Å². The maximum atomic E-state index is 2.29. The number of rotatable bonds is 1. The fraction of sp³-hybridized carbons (Fsp3) is 0.867. The van der Waals surface area contributed by atoms with Gasteiger partial charge in [-0.25, -0.2) is 0 Å². The molecule has 0 unspecified atom stereocenters. The molecule has 2 aliphatic carbocycles. The van der Waals surface area contributed by atoms with Crippen LogP contribution < -0.4 is 0 Å². The van der Waals surface area contributed by atoms with E-state index < -0.39 is 0 Å². The second-order valence-electron chi connectivity index (χ2n) is 5.84. The molecule has 15 heavy (non-hydrogen) atoms. The molecule has 0 nitrogen and oxygen atoms in total. The standard InChI is InChI=1S/C15H26/c1-12(2)13-8-10-15(11-9-13)14-6-4-3-5-7-14/h14-15H,3-11H2,1-2H3. The molecule has 2 saturated carbocycles. The van der Waals surface area contributed by atoms with E-state index in [0.29, 0.717) is 0 Å². The molecule has 0 bridgehead atoms. The normalized spacial score (nSPS) is 29.2. The number of allylic oxidation sites excluding steroid dienone is 2. The fourth-order valence-electron chi connectivity index (χ4n) is 3.57. The lowest BCUT2D eigenvalue weighted by Crippen LogP contribution is -2.21. The lowest BCUT2D eigenvalue weighted by Gasteiger charge is -2.34. The molecule has 0 N–H and O–H groups in total. The highest BCUT2D eigenvalue weighted by molar-refractivity contribution is 5.12. The third kappa shape index (κ3) is 2.86. The third-order valence-electron chi connectivity index (χ3n) is 4.66. The van der Waals surface area contributed by atoms with Crippen LogP contribution in [0.4, 0.5) is 0 Å². The molecule has 2 rings (SSSR count). The highest BCUT2D eigenvalue weighted by atomic mass is 14.3. The van der Waals surface area contributed by atoms with Crippen molar-refractivity contribution in [1.82, 2.24) is 0 Å². The Balaban J connectivity index is 1.84. The highest BCUT2D eigenvalue weighted by Gasteiger charge is 2.26. The first-order valence-electron chi connectivity index (χ1n) is 6.92. The van der Waals surface area contributed by atoms with Crippen molar-refractivity contribution in [3.63, 3.8) is 0 Å². The minimum Gasteiger partial charge on any atom is -0.0772 e. The summed E-state index contributed by atoms with van der Waals surface area (Å²) in [5, 5.41) is 0. The summed E-state index contributed by atoms with van der Waals surface area (Å²) in [4.78, 5) is 0. The summed E-state index contributed by atoms with van der Waals surface area (Å²) in [6.45, 7) is 4.58. The average Bonchev–Trinajstić information content (AvgIpc) is 2.30. The average molecular weight is 206 g/mol. The Morgan fingerprint density at radius 3 is 1.87 bits per heavy atom. The molecule has 0 radical (unpaired) electrons. The zero-order valence-corrected chi connectivity index (χ0v) is 10.5. The predicted octanol–water partition coefficient (Wildman–Crippen LogP) is 5.09. The molecule has 0 heteroatoms. The van der Waals surface area contributed by atoms with Crippen LogP contribution in [-0.4, -0.2) is 0 Å². The summed E-state index contributed by atoms with van der Waals surface area (Å²) in [5.74, 6) is 2.17. The molecule has 0 spiro atoms. The Morgan fingerprint density at radius 1 is 0.800 bits per heavy atom. The quantitative estimate of drug-likeness (QED) is 0.524. The van der Waals surface area contributed by atoms with Gasteiger partial charge in [-0.05, 0) is 51.4 Å². The predicted molar refractivity (Wildman–Crippen MR) is 66.9 cm³/mol.